The molecule has 19 heavy (non-hydrogen) atoms. The predicted octanol–water partition coefficient (Wildman–Crippen LogP) is 1.04. The van der Waals surface area contributed by atoms with Crippen LogP contribution in [0, 0.1) is 5.92 Å². The van der Waals surface area contributed by atoms with Gasteiger partial charge in [0, 0.05) is 18.7 Å². The predicted molar refractivity (Wildman–Crippen MR) is 76.8 cm³/mol. The van der Waals surface area contributed by atoms with E-state index in [2.05, 4.69) is 17.0 Å². The SMILES string of the molecule is CCCOCCOC/C(C=NCC(=O)C(C)C)=N/N. The van der Waals surface area contributed by atoms with Gasteiger partial charge in [-0.2, -0.15) is 5.10 Å². The molecule has 0 aromatic heterocycles. The van der Waals surface area contributed by atoms with Gasteiger partial charge in [0.1, 0.15) is 5.71 Å². The lowest BCUT2D eigenvalue weighted by Crippen LogP contribution is -2.17. The molecule has 0 unspecified atom stereocenters. The Morgan fingerprint density at radius 2 is 1.95 bits per heavy atom. The molecule has 2 N–H and O–H groups in total. The Labute approximate surface area is 115 Å². The van der Waals surface area contributed by atoms with Gasteiger partial charge in [-0.15, -0.1) is 0 Å². The molecule has 0 heterocycles. The van der Waals surface area contributed by atoms with E-state index in [1.807, 2.05) is 13.8 Å². The summed E-state index contributed by atoms with van der Waals surface area (Å²) in [6, 6.07) is 0. The highest BCUT2D eigenvalue weighted by molar-refractivity contribution is 6.31. The molecule has 6 nitrogen and oxygen atoms in total. The van der Waals surface area contributed by atoms with Crippen molar-refractivity contribution in [1.82, 2.24) is 0 Å². The number of hydrogen-bond acceptors (Lipinski definition) is 6. The third-order valence-corrected chi connectivity index (χ3v) is 2.27. The van der Waals surface area contributed by atoms with Crippen molar-refractivity contribution < 1.29 is 14.3 Å². The van der Waals surface area contributed by atoms with Crippen LogP contribution in [-0.2, 0) is 14.3 Å². The summed E-state index contributed by atoms with van der Waals surface area (Å²) in [6.07, 6.45) is 2.47. The smallest absolute Gasteiger partial charge is 0.156 e. The largest absolute Gasteiger partial charge is 0.379 e. The molecular weight excluding hydrogens is 246 g/mol. The van der Waals surface area contributed by atoms with Gasteiger partial charge in [0.15, 0.2) is 5.78 Å². The molecule has 0 atom stereocenters. The van der Waals surface area contributed by atoms with Gasteiger partial charge in [0.2, 0.25) is 0 Å². The highest BCUT2D eigenvalue weighted by Gasteiger charge is 2.05. The molecule has 0 spiro atoms. The van der Waals surface area contributed by atoms with Crippen LogP contribution in [0.5, 0.6) is 0 Å². The summed E-state index contributed by atoms with van der Waals surface area (Å²) in [6.45, 7) is 7.92. The van der Waals surface area contributed by atoms with E-state index in [0.29, 0.717) is 18.9 Å². The molecule has 6 heteroatoms. The Bertz CT molecular complexity index is 302. The van der Waals surface area contributed by atoms with Gasteiger partial charge in [0.25, 0.3) is 0 Å². The molecule has 0 aromatic carbocycles. The first-order valence-electron chi connectivity index (χ1n) is 6.56. The molecule has 0 rings (SSSR count). The minimum Gasteiger partial charge on any atom is -0.379 e. The van der Waals surface area contributed by atoms with E-state index in [1.54, 1.807) is 0 Å². The Kier molecular flexibility index (Phi) is 11.0. The summed E-state index contributed by atoms with van der Waals surface area (Å²) >= 11 is 0. The first-order valence-corrected chi connectivity index (χ1v) is 6.56. The molecular formula is C13H25N3O3. The van der Waals surface area contributed by atoms with Crippen LogP contribution >= 0.6 is 0 Å². The monoisotopic (exact) mass is 271 g/mol. The molecule has 0 aromatic rings. The number of ether oxygens (including phenoxy) is 2. The van der Waals surface area contributed by atoms with E-state index in [1.165, 1.54) is 6.21 Å². The van der Waals surface area contributed by atoms with Crippen LogP contribution in [-0.4, -0.2) is 50.7 Å². The number of Topliss-reactive ketones (excluding diaryl/α,β-unsaturated/α-hetero) is 1. The minimum atomic E-state index is -0.0117. The Morgan fingerprint density at radius 3 is 2.53 bits per heavy atom. The van der Waals surface area contributed by atoms with E-state index in [0.717, 1.165) is 13.0 Å². The maximum atomic E-state index is 11.3. The summed E-state index contributed by atoms with van der Waals surface area (Å²) in [4.78, 5) is 15.3. The van der Waals surface area contributed by atoms with Gasteiger partial charge >= 0.3 is 0 Å². The van der Waals surface area contributed by atoms with Crippen molar-refractivity contribution >= 4 is 17.7 Å². The molecule has 0 saturated carbocycles. The van der Waals surface area contributed by atoms with E-state index < -0.39 is 0 Å². The molecule has 0 aliphatic rings. The van der Waals surface area contributed by atoms with Crippen LogP contribution in [0.2, 0.25) is 0 Å². The second-order valence-corrected chi connectivity index (χ2v) is 4.38. The molecule has 110 valence electrons. The molecule has 0 aliphatic heterocycles. The van der Waals surface area contributed by atoms with Crippen LogP contribution < -0.4 is 5.84 Å². The molecule has 0 radical (unpaired) electrons. The zero-order valence-electron chi connectivity index (χ0n) is 12.1. The molecule has 0 saturated heterocycles. The zero-order valence-corrected chi connectivity index (χ0v) is 12.1. The quantitative estimate of drug-likeness (QED) is 0.263. The average Bonchev–Trinajstić information content (AvgIpc) is 2.40. The highest BCUT2D eigenvalue weighted by Crippen LogP contribution is 1.93. The second-order valence-electron chi connectivity index (χ2n) is 4.38. The van der Waals surface area contributed by atoms with Gasteiger partial charge in [-0.3, -0.25) is 9.79 Å². The average molecular weight is 271 g/mol. The maximum Gasteiger partial charge on any atom is 0.156 e. The first kappa shape index (κ1) is 17.7. The fourth-order valence-electron chi connectivity index (χ4n) is 1.07. The Morgan fingerprint density at radius 1 is 1.26 bits per heavy atom. The lowest BCUT2D eigenvalue weighted by molar-refractivity contribution is -0.120. The molecule has 0 bridgehead atoms. The van der Waals surface area contributed by atoms with E-state index in [4.69, 9.17) is 15.3 Å². The van der Waals surface area contributed by atoms with Gasteiger partial charge in [-0.25, -0.2) is 0 Å². The van der Waals surface area contributed by atoms with Gasteiger partial charge in [0.05, 0.1) is 26.4 Å². The lowest BCUT2D eigenvalue weighted by atomic mass is 10.1. The van der Waals surface area contributed by atoms with Crippen molar-refractivity contribution in [3.8, 4) is 0 Å². The van der Waals surface area contributed by atoms with E-state index in [-0.39, 0.29) is 24.9 Å². The number of nitrogens with zero attached hydrogens (tertiary/aromatic N) is 2. The van der Waals surface area contributed by atoms with Crippen LogP contribution in [0.1, 0.15) is 27.2 Å². The van der Waals surface area contributed by atoms with Crippen molar-refractivity contribution in [3.05, 3.63) is 0 Å². The number of hydrazone groups is 1. The van der Waals surface area contributed by atoms with Crippen molar-refractivity contribution in [1.29, 1.82) is 0 Å². The van der Waals surface area contributed by atoms with Crippen molar-refractivity contribution in [2.45, 2.75) is 27.2 Å². The van der Waals surface area contributed by atoms with Crippen LogP contribution in [0.4, 0.5) is 0 Å². The summed E-state index contributed by atoms with van der Waals surface area (Å²) < 4.78 is 10.6. The van der Waals surface area contributed by atoms with E-state index >= 15 is 0 Å². The molecule has 0 fully saturated rings. The molecule has 0 amide bonds. The number of hydrogen-bond donors (Lipinski definition) is 1. The summed E-state index contributed by atoms with van der Waals surface area (Å²) in [5.41, 5.74) is 0.507. The van der Waals surface area contributed by atoms with Gasteiger partial charge in [-0.1, -0.05) is 20.8 Å². The number of carbonyl (C=O) groups is 1. The standard InChI is InChI=1S/C13H25N3O3/c1-4-5-18-6-7-19-10-12(16-14)8-15-9-13(17)11(2)3/h8,11H,4-7,9-10,14H2,1-3H3/b15-8?,16-12+. The third kappa shape index (κ3) is 10.3. The molecule has 0 aliphatic carbocycles. The second kappa shape index (κ2) is 11.8. The highest BCUT2D eigenvalue weighted by atomic mass is 16.5. The maximum absolute atomic E-state index is 11.3. The Hall–Kier alpha value is -1.27. The van der Waals surface area contributed by atoms with Crippen molar-refractivity contribution in [2.75, 3.05) is 33.0 Å². The lowest BCUT2D eigenvalue weighted by Gasteiger charge is -2.04. The fraction of sp³-hybridized carbons (Fsp3) is 0.769. The fourth-order valence-corrected chi connectivity index (χ4v) is 1.07. The minimum absolute atomic E-state index is 0.0117. The van der Waals surface area contributed by atoms with E-state index in [9.17, 15) is 4.79 Å². The summed E-state index contributed by atoms with van der Waals surface area (Å²) in [5.74, 6) is 5.29. The number of rotatable bonds is 11. The number of carbonyl (C=O) groups excluding carboxylic acids is 1. The normalized spacial score (nSPS) is 12.5. The number of ketones is 1. The first-order chi connectivity index (χ1) is 9.11. The zero-order chi connectivity index (χ0) is 14.5. The van der Waals surface area contributed by atoms with Crippen molar-refractivity contribution in [3.63, 3.8) is 0 Å². The third-order valence-electron chi connectivity index (χ3n) is 2.27. The van der Waals surface area contributed by atoms with Gasteiger partial charge in [-0.05, 0) is 6.42 Å². The summed E-state index contributed by atoms with van der Waals surface area (Å²) in [5, 5.41) is 3.55. The number of nitrogens with two attached hydrogens (primary N) is 1. The van der Waals surface area contributed by atoms with Gasteiger partial charge < -0.3 is 15.3 Å². The number of aliphatic imine (C=N–C) groups is 1. The summed E-state index contributed by atoms with van der Waals surface area (Å²) in [7, 11) is 0. The Balaban J connectivity index is 3.78. The topological polar surface area (TPSA) is 86.3 Å². The van der Waals surface area contributed by atoms with Crippen molar-refractivity contribution in [2.24, 2.45) is 21.9 Å². The van der Waals surface area contributed by atoms with Crippen LogP contribution in [0.15, 0.2) is 10.1 Å². The van der Waals surface area contributed by atoms with Crippen LogP contribution in [0.3, 0.4) is 0 Å². The van der Waals surface area contributed by atoms with Crippen LogP contribution in [0.25, 0.3) is 0 Å².